The van der Waals surface area contributed by atoms with Gasteiger partial charge in [-0.25, -0.2) is 0 Å². The summed E-state index contributed by atoms with van der Waals surface area (Å²) < 4.78 is 0. The largest absolute Gasteiger partial charge is 0.481 e. The van der Waals surface area contributed by atoms with Crippen LogP contribution in [0.2, 0.25) is 0 Å². The molecule has 0 aromatic rings. The molecule has 0 aliphatic heterocycles. The molecule has 0 aromatic heterocycles. The summed E-state index contributed by atoms with van der Waals surface area (Å²) in [6.45, 7) is 2.30. The van der Waals surface area contributed by atoms with Crippen LogP contribution in [-0.4, -0.2) is 11.1 Å². The van der Waals surface area contributed by atoms with Gasteiger partial charge in [-0.15, -0.1) is 0 Å². The zero-order valence-electron chi connectivity index (χ0n) is 15.3. The Balaban J connectivity index is 1.58. The van der Waals surface area contributed by atoms with Gasteiger partial charge in [0.05, 0.1) is 0 Å². The van der Waals surface area contributed by atoms with E-state index in [0.717, 1.165) is 36.5 Å². The number of hydrogen-bond acceptors (Lipinski definition) is 1. The summed E-state index contributed by atoms with van der Waals surface area (Å²) in [5, 5.41) is 8.74. The van der Waals surface area contributed by atoms with Crippen molar-refractivity contribution in [2.45, 2.75) is 103 Å². The topological polar surface area (TPSA) is 37.3 Å². The van der Waals surface area contributed by atoms with E-state index in [0.29, 0.717) is 6.42 Å². The van der Waals surface area contributed by atoms with Crippen LogP contribution in [0.1, 0.15) is 103 Å². The van der Waals surface area contributed by atoms with Crippen molar-refractivity contribution < 1.29 is 9.90 Å². The quantitative estimate of drug-likeness (QED) is 0.496. The molecule has 0 radical (unpaired) electrons. The van der Waals surface area contributed by atoms with Crippen molar-refractivity contribution in [1.29, 1.82) is 0 Å². The van der Waals surface area contributed by atoms with Gasteiger partial charge in [0.15, 0.2) is 0 Å². The third-order valence-electron chi connectivity index (χ3n) is 6.67. The monoisotopic (exact) mass is 322 g/mol. The molecule has 0 saturated heterocycles. The van der Waals surface area contributed by atoms with E-state index in [-0.39, 0.29) is 0 Å². The van der Waals surface area contributed by atoms with Crippen LogP contribution in [-0.2, 0) is 4.79 Å². The molecule has 0 atom stereocenters. The highest BCUT2D eigenvalue weighted by molar-refractivity contribution is 5.66. The van der Waals surface area contributed by atoms with Crippen LogP contribution in [0.3, 0.4) is 0 Å². The predicted molar refractivity (Wildman–Crippen MR) is 96.5 cm³/mol. The Hall–Kier alpha value is -0.530. The molecular formula is C21H38O2. The van der Waals surface area contributed by atoms with Gasteiger partial charge in [-0.1, -0.05) is 58.3 Å². The van der Waals surface area contributed by atoms with Crippen molar-refractivity contribution in [1.82, 2.24) is 0 Å². The summed E-state index contributed by atoms with van der Waals surface area (Å²) in [4.78, 5) is 10.6. The highest BCUT2D eigenvalue weighted by Gasteiger charge is 2.30. The molecule has 1 N–H and O–H groups in total. The fraction of sp³-hybridized carbons (Fsp3) is 0.952. The van der Waals surface area contributed by atoms with Crippen LogP contribution < -0.4 is 0 Å². The minimum Gasteiger partial charge on any atom is -0.481 e. The number of hydrogen-bond donors (Lipinski definition) is 1. The second-order valence-corrected chi connectivity index (χ2v) is 8.34. The van der Waals surface area contributed by atoms with Gasteiger partial charge in [0, 0.05) is 6.42 Å². The Morgan fingerprint density at radius 2 is 1.26 bits per heavy atom. The number of rotatable bonds is 9. The van der Waals surface area contributed by atoms with Gasteiger partial charge in [0.1, 0.15) is 0 Å². The molecule has 2 aliphatic carbocycles. The zero-order valence-corrected chi connectivity index (χ0v) is 15.3. The Morgan fingerprint density at radius 3 is 1.70 bits per heavy atom. The third-order valence-corrected chi connectivity index (χ3v) is 6.67. The number of carboxylic acid groups (broad SMARTS) is 1. The molecule has 2 fully saturated rings. The molecule has 0 spiro atoms. The summed E-state index contributed by atoms with van der Waals surface area (Å²) in [6.07, 6.45) is 19.6. The van der Waals surface area contributed by atoms with Gasteiger partial charge >= 0.3 is 5.97 Å². The molecular weight excluding hydrogens is 284 g/mol. The Morgan fingerprint density at radius 1 is 0.783 bits per heavy atom. The van der Waals surface area contributed by atoms with Gasteiger partial charge in [-0.3, -0.25) is 4.79 Å². The predicted octanol–water partition coefficient (Wildman–Crippen LogP) is 6.43. The van der Waals surface area contributed by atoms with E-state index in [2.05, 4.69) is 6.92 Å². The molecule has 0 bridgehead atoms. The van der Waals surface area contributed by atoms with Crippen molar-refractivity contribution in [2.75, 3.05) is 0 Å². The summed E-state index contributed by atoms with van der Waals surface area (Å²) >= 11 is 0. The summed E-state index contributed by atoms with van der Waals surface area (Å²) in [6, 6.07) is 0. The van der Waals surface area contributed by atoms with E-state index in [1.54, 1.807) is 0 Å². The lowest BCUT2D eigenvalue weighted by molar-refractivity contribution is -0.137. The van der Waals surface area contributed by atoms with Gasteiger partial charge in [0.25, 0.3) is 0 Å². The van der Waals surface area contributed by atoms with Crippen LogP contribution >= 0.6 is 0 Å². The van der Waals surface area contributed by atoms with E-state index in [4.69, 9.17) is 5.11 Å². The first-order valence-electron chi connectivity index (χ1n) is 10.4. The first-order chi connectivity index (χ1) is 11.2. The van der Waals surface area contributed by atoms with Crippen molar-refractivity contribution >= 4 is 5.97 Å². The fourth-order valence-electron chi connectivity index (χ4n) is 5.12. The first kappa shape index (κ1) is 18.8. The number of unbranched alkanes of at least 4 members (excludes halogenated alkanes) is 2. The van der Waals surface area contributed by atoms with Gasteiger partial charge in [-0.05, 0) is 62.2 Å². The van der Waals surface area contributed by atoms with E-state index < -0.39 is 5.97 Å². The van der Waals surface area contributed by atoms with Crippen molar-refractivity contribution in [3.05, 3.63) is 0 Å². The van der Waals surface area contributed by atoms with Crippen LogP contribution in [0.4, 0.5) is 0 Å². The van der Waals surface area contributed by atoms with E-state index >= 15 is 0 Å². The Kier molecular flexibility index (Phi) is 8.47. The standard InChI is InChI=1S/C21H38O2/c1-2-3-4-6-17-9-13-19(14-10-17)20-15-11-18(12-16-20)7-5-8-21(22)23/h17-20H,2-16H2,1H3,(H,22,23)/t17-,18?,19-,20?. The molecule has 2 rings (SSSR count). The fourth-order valence-corrected chi connectivity index (χ4v) is 5.12. The summed E-state index contributed by atoms with van der Waals surface area (Å²) in [7, 11) is 0. The molecule has 2 nitrogen and oxygen atoms in total. The zero-order chi connectivity index (χ0) is 16.5. The molecule has 0 unspecified atom stereocenters. The molecule has 2 aliphatic rings. The number of aliphatic carboxylic acids is 1. The molecule has 2 saturated carbocycles. The van der Waals surface area contributed by atoms with Crippen LogP contribution in [0.25, 0.3) is 0 Å². The highest BCUT2D eigenvalue weighted by Crippen LogP contribution is 2.43. The van der Waals surface area contributed by atoms with Crippen molar-refractivity contribution in [3.63, 3.8) is 0 Å². The second-order valence-electron chi connectivity index (χ2n) is 8.34. The maximum Gasteiger partial charge on any atom is 0.303 e. The lowest BCUT2D eigenvalue weighted by Gasteiger charge is -2.38. The van der Waals surface area contributed by atoms with E-state index in [9.17, 15) is 4.79 Å². The van der Waals surface area contributed by atoms with Gasteiger partial charge in [0.2, 0.25) is 0 Å². The molecule has 2 heteroatoms. The second kappa shape index (κ2) is 10.4. The highest BCUT2D eigenvalue weighted by atomic mass is 16.4. The van der Waals surface area contributed by atoms with Gasteiger partial charge in [-0.2, -0.15) is 0 Å². The van der Waals surface area contributed by atoms with E-state index in [1.165, 1.54) is 77.0 Å². The number of carbonyl (C=O) groups is 1. The summed E-state index contributed by atoms with van der Waals surface area (Å²) in [5.74, 6) is 3.22. The first-order valence-corrected chi connectivity index (χ1v) is 10.4. The van der Waals surface area contributed by atoms with E-state index in [1.807, 2.05) is 0 Å². The smallest absolute Gasteiger partial charge is 0.303 e. The van der Waals surface area contributed by atoms with Gasteiger partial charge < -0.3 is 5.11 Å². The van der Waals surface area contributed by atoms with Crippen molar-refractivity contribution in [2.24, 2.45) is 23.7 Å². The summed E-state index contributed by atoms with van der Waals surface area (Å²) in [5.41, 5.74) is 0. The average Bonchev–Trinajstić information content (AvgIpc) is 2.56. The average molecular weight is 323 g/mol. The van der Waals surface area contributed by atoms with Crippen LogP contribution in [0, 0.1) is 23.7 Å². The normalized spacial score (nSPS) is 31.9. The third kappa shape index (κ3) is 6.85. The lowest BCUT2D eigenvalue weighted by atomic mass is 9.68. The molecule has 0 amide bonds. The minimum atomic E-state index is -0.630. The van der Waals surface area contributed by atoms with Crippen LogP contribution in [0.5, 0.6) is 0 Å². The molecule has 23 heavy (non-hydrogen) atoms. The van der Waals surface area contributed by atoms with Crippen LogP contribution in [0.15, 0.2) is 0 Å². The van der Waals surface area contributed by atoms with Crippen molar-refractivity contribution in [3.8, 4) is 0 Å². The Bertz CT molecular complexity index is 323. The molecule has 0 heterocycles. The maximum atomic E-state index is 10.6. The minimum absolute atomic E-state index is 0.363. The SMILES string of the molecule is CCCCC[C@H]1CC[C@H](C2CCC(CCCC(=O)O)CC2)CC1. The number of carboxylic acids is 1. The Labute approximate surface area is 143 Å². The molecule has 134 valence electrons. The lowest BCUT2D eigenvalue weighted by Crippen LogP contribution is -2.26. The molecule has 0 aromatic carbocycles. The maximum absolute atomic E-state index is 10.6.